The predicted molar refractivity (Wildman–Crippen MR) is 153 cm³/mol. The zero-order valence-electron chi connectivity index (χ0n) is 22.6. The van der Waals surface area contributed by atoms with Crippen LogP contribution in [-0.4, -0.2) is 61.3 Å². The number of fused-ring (bicyclic) bond motifs is 1. The van der Waals surface area contributed by atoms with Gasteiger partial charge in [0.2, 0.25) is 5.91 Å². The first kappa shape index (κ1) is 26.5. The molecule has 0 spiro atoms. The van der Waals surface area contributed by atoms with Crippen molar-refractivity contribution in [1.29, 1.82) is 0 Å². The molecule has 39 heavy (non-hydrogen) atoms. The predicted octanol–water partition coefficient (Wildman–Crippen LogP) is 4.97. The van der Waals surface area contributed by atoms with Crippen LogP contribution >= 0.6 is 0 Å². The summed E-state index contributed by atoms with van der Waals surface area (Å²) in [5.41, 5.74) is 6.02. The molecule has 0 saturated carbocycles. The number of nitrogens with one attached hydrogen (secondary N) is 2. The fraction of sp³-hybridized carbons (Fsp3) is 0.290. The first-order valence-electron chi connectivity index (χ1n) is 13.1. The molecule has 0 radical (unpaired) electrons. The molecule has 1 atom stereocenters. The molecule has 1 aliphatic heterocycles. The molecule has 0 aliphatic carbocycles. The molecule has 2 aromatic carbocycles. The van der Waals surface area contributed by atoms with E-state index in [1.165, 1.54) is 5.56 Å². The Kier molecular flexibility index (Phi) is 8.24. The summed E-state index contributed by atoms with van der Waals surface area (Å²) in [6.45, 7) is 6.41. The Hall–Kier alpha value is -4.14. The summed E-state index contributed by atoms with van der Waals surface area (Å²) in [5, 5.41) is 3.97. The molecule has 1 saturated heterocycles. The Morgan fingerprint density at radius 1 is 1.08 bits per heavy atom. The van der Waals surface area contributed by atoms with Gasteiger partial charge in [0.05, 0.1) is 33.5 Å². The number of rotatable bonds is 9. The minimum Gasteiger partial charge on any atom is -0.493 e. The second-order valence-electron chi connectivity index (χ2n) is 9.63. The minimum atomic E-state index is -0.204. The molecule has 0 unspecified atom stereocenters. The van der Waals surface area contributed by atoms with Gasteiger partial charge >= 0.3 is 0 Å². The number of hydrogen-bond acceptors (Lipinski definition) is 6. The van der Waals surface area contributed by atoms with Crippen LogP contribution in [0.15, 0.2) is 67.0 Å². The molecule has 3 heterocycles. The average molecular weight is 527 g/mol. The number of amides is 1. The molecule has 5 rings (SSSR count). The molecule has 2 aromatic heterocycles. The van der Waals surface area contributed by atoms with Crippen LogP contribution in [-0.2, 0) is 16.1 Å². The van der Waals surface area contributed by atoms with E-state index in [1.54, 1.807) is 20.3 Å². The molecule has 8 heteroatoms. The minimum absolute atomic E-state index is 0.188. The number of aromatic amines is 1. The first-order chi connectivity index (χ1) is 19.0. The number of carbonyl (C=O) groups is 1. The van der Waals surface area contributed by atoms with Gasteiger partial charge in [0.15, 0.2) is 11.5 Å². The lowest BCUT2D eigenvalue weighted by Crippen LogP contribution is -2.35. The van der Waals surface area contributed by atoms with E-state index in [0.717, 1.165) is 66.1 Å². The van der Waals surface area contributed by atoms with Crippen molar-refractivity contribution >= 4 is 23.0 Å². The number of carbonyl (C=O) groups excluding carboxylic acids is 1. The van der Waals surface area contributed by atoms with E-state index >= 15 is 0 Å². The lowest BCUT2D eigenvalue weighted by atomic mass is 10.0. The third kappa shape index (κ3) is 6.30. The topological polar surface area (TPSA) is 88.7 Å². The third-order valence-corrected chi connectivity index (χ3v) is 7.04. The van der Waals surface area contributed by atoms with Crippen molar-refractivity contribution in [2.45, 2.75) is 19.5 Å². The Labute approximate surface area is 228 Å². The van der Waals surface area contributed by atoms with Crippen LogP contribution in [0.4, 0.5) is 0 Å². The Morgan fingerprint density at radius 3 is 2.59 bits per heavy atom. The summed E-state index contributed by atoms with van der Waals surface area (Å²) in [6.07, 6.45) is 7.11. The summed E-state index contributed by atoms with van der Waals surface area (Å²) in [5.74, 6) is 1.09. The van der Waals surface area contributed by atoms with Crippen molar-refractivity contribution in [3.63, 3.8) is 0 Å². The summed E-state index contributed by atoms with van der Waals surface area (Å²) in [4.78, 5) is 22.9. The zero-order chi connectivity index (χ0) is 27.2. The van der Waals surface area contributed by atoms with Gasteiger partial charge in [-0.3, -0.25) is 9.69 Å². The van der Waals surface area contributed by atoms with Crippen LogP contribution in [0, 0.1) is 0 Å². The molecule has 1 amide bonds. The SMILES string of the molecule is COc1ccc([C@@H](C)NC(=O)/C=C/c2c[nH]c3ncc(-c4ccc(CN5CCOCC5)cc4)cc23)cc1OC. The van der Waals surface area contributed by atoms with Gasteiger partial charge < -0.3 is 24.5 Å². The Bertz CT molecular complexity index is 1460. The lowest BCUT2D eigenvalue weighted by molar-refractivity contribution is -0.117. The molecule has 2 N–H and O–H groups in total. The number of morpholine rings is 1. The first-order valence-corrected chi connectivity index (χ1v) is 13.1. The smallest absolute Gasteiger partial charge is 0.244 e. The molecular formula is C31H34N4O4. The third-order valence-electron chi connectivity index (χ3n) is 7.04. The van der Waals surface area contributed by atoms with Crippen LogP contribution in [0.5, 0.6) is 11.5 Å². The maximum absolute atomic E-state index is 12.7. The quantitative estimate of drug-likeness (QED) is 0.300. The number of benzene rings is 2. The number of nitrogens with zero attached hydrogens (tertiary/aromatic N) is 2. The largest absolute Gasteiger partial charge is 0.493 e. The molecule has 0 bridgehead atoms. The van der Waals surface area contributed by atoms with Gasteiger partial charge in [-0.1, -0.05) is 30.3 Å². The maximum atomic E-state index is 12.7. The van der Waals surface area contributed by atoms with E-state index in [0.29, 0.717) is 11.5 Å². The van der Waals surface area contributed by atoms with E-state index in [1.807, 2.05) is 43.6 Å². The van der Waals surface area contributed by atoms with Crippen molar-refractivity contribution in [1.82, 2.24) is 20.2 Å². The molecular weight excluding hydrogens is 492 g/mol. The van der Waals surface area contributed by atoms with Gasteiger partial charge in [-0.05, 0) is 47.9 Å². The standard InChI is InChI=1S/C31H34N4O4/c1-21(24-8-10-28(37-2)29(17-24)38-3)34-30(36)11-9-25-18-32-31-27(25)16-26(19-33-31)23-6-4-22(5-7-23)20-35-12-14-39-15-13-35/h4-11,16-19,21H,12-15,20H2,1-3H3,(H,32,33)(H,34,36)/b11-9+/t21-/m1/s1. The normalized spacial score (nSPS) is 14.9. The van der Waals surface area contributed by atoms with E-state index in [2.05, 4.69) is 50.5 Å². The van der Waals surface area contributed by atoms with Gasteiger partial charge in [0.1, 0.15) is 5.65 Å². The molecule has 1 aliphatic rings. The van der Waals surface area contributed by atoms with E-state index in [9.17, 15) is 4.79 Å². The monoisotopic (exact) mass is 526 g/mol. The van der Waals surface area contributed by atoms with Gasteiger partial charge in [-0.25, -0.2) is 4.98 Å². The number of ether oxygens (including phenoxy) is 3. The van der Waals surface area contributed by atoms with E-state index in [-0.39, 0.29) is 11.9 Å². The lowest BCUT2D eigenvalue weighted by Gasteiger charge is -2.26. The van der Waals surface area contributed by atoms with E-state index in [4.69, 9.17) is 14.2 Å². The van der Waals surface area contributed by atoms with Gasteiger partial charge in [-0.2, -0.15) is 0 Å². The Morgan fingerprint density at radius 2 is 1.85 bits per heavy atom. The number of H-pyrrole nitrogens is 1. The highest BCUT2D eigenvalue weighted by Crippen LogP contribution is 2.30. The van der Waals surface area contributed by atoms with Crippen molar-refractivity contribution < 1.29 is 19.0 Å². The van der Waals surface area contributed by atoms with Crippen molar-refractivity contribution in [2.24, 2.45) is 0 Å². The fourth-order valence-corrected chi connectivity index (χ4v) is 4.77. The van der Waals surface area contributed by atoms with Gasteiger partial charge in [0.25, 0.3) is 0 Å². The number of pyridine rings is 1. The number of hydrogen-bond donors (Lipinski definition) is 2. The van der Waals surface area contributed by atoms with Crippen LogP contribution < -0.4 is 14.8 Å². The summed E-state index contributed by atoms with van der Waals surface area (Å²) in [7, 11) is 3.19. The average Bonchev–Trinajstić information content (AvgIpc) is 3.38. The molecule has 202 valence electrons. The highest BCUT2D eigenvalue weighted by molar-refractivity contribution is 5.96. The van der Waals surface area contributed by atoms with Crippen LogP contribution in [0.25, 0.3) is 28.2 Å². The Balaban J connectivity index is 1.26. The second-order valence-corrected chi connectivity index (χ2v) is 9.63. The van der Waals surface area contributed by atoms with Crippen molar-refractivity contribution in [3.05, 3.63) is 83.7 Å². The summed E-state index contributed by atoms with van der Waals surface area (Å²) < 4.78 is 16.1. The second kappa shape index (κ2) is 12.1. The summed E-state index contributed by atoms with van der Waals surface area (Å²) >= 11 is 0. The highest BCUT2D eigenvalue weighted by atomic mass is 16.5. The van der Waals surface area contributed by atoms with Crippen LogP contribution in [0.1, 0.15) is 29.7 Å². The van der Waals surface area contributed by atoms with Crippen molar-refractivity contribution in [2.75, 3.05) is 40.5 Å². The molecule has 4 aromatic rings. The van der Waals surface area contributed by atoms with Crippen molar-refractivity contribution in [3.8, 4) is 22.6 Å². The number of aromatic nitrogens is 2. The molecule has 1 fully saturated rings. The highest BCUT2D eigenvalue weighted by Gasteiger charge is 2.13. The van der Waals surface area contributed by atoms with Gasteiger partial charge in [-0.15, -0.1) is 0 Å². The zero-order valence-corrected chi connectivity index (χ0v) is 22.6. The van der Waals surface area contributed by atoms with E-state index < -0.39 is 0 Å². The van der Waals surface area contributed by atoms with Gasteiger partial charge in [0, 0.05) is 54.6 Å². The fourth-order valence-electron chi connectivity index (χ4n) is 4.77. The van der Waals surface area contributed by atoms with Crippen LogP contribution in [0.3, 0.4) is 0 Å². The maximum Gasteiger partial charge on any atom is 0.244 e. The number of methoxy groups -OCH3 is 2. The van der Waals surface area contributed by atoms with Crippen LogP contribution in [0.2, 0.25) is 0 Å². The molecule has 8 nitrogen and oxygen atoms in total. The summed E-state index contributed by atoms with van der Waals surface area (Å²) in [6, 6.07) is 16.2.